The molecule has 0 spiro atoms. The number of hydrogen-bond donors (Lipinski definition) is 2. The topological polar surface area (TPSA) is 67.2 Å². The number of thiocarbonyl (C=S) groups is 1. The van der Waals surface area contributed by atoms with E-state index in [1.807, 2.05) is 0 Å². The Hall–Kier alpha value is -1.69. The molecule has 0 atom stereocenters. The van der Waals surface area contributed by atoms with Crippen molar-refractivity contribution in [2.75, 3.05) is 5.32 Å². The van der Waals surface area contributed by atoms with Gasteiger partial charge in [0, 0.05) is 23.9 Å². The van der Waals surface area contributed by atoms with Gasteiger partial charge in [-0.05, 0) is 37.2 Å². The molecule has 0 heterocycles. The van der Waals surface area contributed by atoms with E-state index in [0.29, 0.717) is 11.2 Å². The third kappa shape index (κ3) is 4.17. The Balaban J connectivity index is 1.85. The Morgan fingerprint density at radius 1 is 1.21 bits per heavy atom. The third-order valence-corrected chi connectivity index (χ3v) is 3.50. The number of nitro groups is 1. The summed E-state index contributed by atoms with van der Waals surface area (Å²) < 4.78 is 0. The first kappa shape index (κ1) is 13.7. The normalized spacial score (nSPS) is 15.8. The van der Waals surface area contributed by atoms with Gasteiger partial charge in [0.2, 0.25) is 0 Å². The maximum absolute atomic E-state index is 10.5. The fourth-order valence-corrected chi connectivity index (χ4v) is 2.55. The highest BCUT2D eigenvalue weighted by Gasteiger charge is 2.14. The first-order chi connectivity index (χ1) is 9.15. The van der Waals surface area contributed by atoms with Gasteiger partial charge in [-0.1, -0.05) is 19.3 Å². The zero-order chi connectivity index (χ0) is 13.7. The van der Waals surface area contributed by atoms with E-state index in [4.69, 9.17) is 12.2 Å². The van der Waals surface area contributed by atoms with Crippen molar-refractivity contribution in [3.63, 3.8) is 0 Å². The molecular weight excluding hydrogens is 262 g/mol. The van der Waals surface area contributed by atoms with Crippen LogP contribution >= 0.6 is 12.2 Å². The van der Waals surface area contributed by atoms with Gasteiger partial charge in [-0.15, -0.1) is 0 Å². The van der Waals surface area contributed by atoms with Gasteiger partial charge in [0.05, 0.1) is 4.92 Å². The van der Waals surface area contributed by atoms with Crippen molar-refractivity contribution in [3.05, 3.63) is 34.4 Å². The monoisotopic (exact) mass is 279 g/mol. The molecule has 0 unspecified atom stereocenters. The molecule has 0 saturated heterocycles. The van der Waals surface area contributed by atoms with E-state index in [0.717, 1.165) is 18.5 Å². The van der Waals surface area contributed by atoms with Crippen LogP contribution in [0, 0.1) is 10.1 Å². The lowest BCUT2D eigenvalue weighted by Crippen LogP contribution is -2.38. The molecule has 19 heavy (non-hydrogen) atoms. The summed E-state index contributed by atoms with van der Waals surface area (Å²) >= 11 is 5.25. The number of nitrogens with one attached hydrogen (secondary N) is 2. The standard InChI is InChI=1S/C13H17N3O2S/c17-16(18)12-8-6-11(7-9-12)15-13(19)14-10-4-2-1-3-5-10/h6-10H,1-5H2,(H2,14,15,19). The number of anilines is 1. The molecule has 0 amide bonds. The highest BCUT2D eigenvalue weighted by atomic mass is 32.1. The second kappa shape index (κ2) is 6.47. The molecule has 1 aromatic rings. The van der Waals surface area contributed by atoms with E-state index in [9.17, 15) is 10.1 Å². The zero-order valence-corrected chi connectivity index (χ0v) is 11.4. The predicted molar refractivity (Wildman–Crippen MR) is 79.3 cm³/mol. The van der Waals surface area contributed by atoms with Crippen molar-refractivity contribution >= 4 is 28.7 Å². The van der Waals surface area contributed by atoms with E-state index in [-0.39, 0.29) is 5.69 Å². The van der Waals surface area contributed by atoms with Gasteiger partial charge in [0.25, 0.3) is 5.69 Å². The van der Waals surface area contributed by atoms with Gasteiger partial charge in [0.15, 0.2) is 5.11 Å². The van der Waals surface area contributed by atoms with E-state index >= 15 is 0 Å². The molecule has 5 nitrogen and oxygen atoms in total. The second-order valence-corrected chi connectivity index (χ2v) is 5.15. The van der Waals surface area contributed by atoms with Gasteiger partial charge >= 0.3 is 0 Å². The minimum Gasteiger partial charge on any atom is -0.360 e. The maximum atomic E-state index is 10.5. The summed E-state index contributed by atoms with van der Waals surface area (Å²) in [7, 11) is 0. The summed E-state index contributed by atoms with van der Waals surface area (Å²) in [6.07, 6.45) is 6.11. The van der Waals surface area contributed by atoms with Crippen LogP contribution in [0.1, 0.15) is 32.1 Å². The van der Waals surface area contributed by atoms with Crippen molar-refractivity contribution in [2.24, 2.45) is 0 Å². The Morgan fingerprint density at radius 2 is 1.84 bits per heavy atom. The number of benzene rings is 1. The molecular formula is C13H17N3O2S. The van der Waals surface area contributed by atoms with Crippen LogP contribution in [0.3, 0.4) is 0 Å². The van der Waals surface area contributed by atoms with Crippen molar-refractivity contribution in [1.82, 2.24) is 5.32 Å². The number of rotatable bonds is 3. The summed E-state index contributed by atoms with van der Waals surface area (Å²) in [4.78, 5) is 10.1. The van der Waals surface area contributed by atoms with Crippen molar-refractivity contribution in [2.45, 2.75) is 38.1 Å². The molecule has 1 aliphatic rings. The first-order valence-electron chi connectivity index (χ1n) is 6.47. The van der Waals surface area contributed by atoms with Crippen molar-refractivity contribution in [1.29, 1.82) is 0 Å². The molecule has 1 saturated carbocycles. The van der Waals surface area contributed by atoms with Crippen LogP contribution in [0.2, 0.25) is 0 Å². The quantitative estimate of drug-likeness (QED) is 0.505. The van der Waals surface area contributed by atoms with Crippen molar-refractivity contribution in [3.8, 4) is 0 Å². The largest absolute Gasteiger partial charge is 0.360 e. The minimum absolute atomic E-state index is 0.0803. The smallest absolute Gasteiger partial charge is 0.269 e. The van der Waals surface area contributed by atoms with Gasteiger partial charge in [0.1, 0.15) is 0 Å². The lowest BCUT2D eigenvalue weighted by molar-refractivity contribution is -0.384. The Labute approximate surface area is 117 Å². The van der Waals surface area contributed by atoms with Crippen LogP contribution in [0.15, 0.2) is 24.3 Å². The summed E-state index contributed by atoms with van der Waals surface area (Å²) in [5, 5.41) is 17.5. The van der Waals surface area contributed by atoms with Gasteiger partial charge in [-0.25, -0.2) is 0 Å². The SMILES string of the molecule is O=[N+]([O-])c1ccc(NC(=S)NC2CCCCC2)cc1. The molecule has 2 N–H and O–H groups in total. The second-order valence-electron chi connectivity index (χ2n) is 4.74. The van der Waals surface area contributed by atoms with Crippen LogP contribution in [-0.2, 0) is 0 Å². The summed E-state index contributed by atoms with van der Waals surface area (Å²) in [5.41, 5.74) is 0.843. The Bertz CT molecular complexity index is 455. The van der Waals surface area contributed by atoms with Crippen LogP contribution in [-0.4, -0.2) is 16.1 Å². The Morgan fingerprint density at radius 3 is 2.42 bits per heavy atom. The summed E-state index contributed by atoms with van der Waals surface area (Å²) in [6, 6.07) is 6.70. The lowest BCUT2D eigenvalue weighted by Gasteiger charge is -2.24. The van der Waals surface area contributed by atoms with Gasteiger partial charge in [-0.2, -0.15) is 0 Å². The van der Waals surface area contributed by atoms with Crippen LogP contribution in [0.4, 0.5) is 11.4 Å². The molecule has 0 radical (unpaired) electrons. The number of hydrogen-bond acceptors (Lipinski definition) is 3. The third-order valence-electron chi connectivity index (χ3n) is 3.28. The zero-order valence-electron chi connectivity index (χ0n) is 10.6. The summed E-state index contributed by atoms with van der Waals surface area (Å²) in [5.74, 6) is 0. The van der Waals surface area contributed by atoms with E-state index in [2.05, 4.69) is 10.6 Å². The number of nitrogens with zero attached hydrogens (tertiary/aromatic N) is 1. The molecule has 0 aromatic heterocycles. The highest BCUT2D eigenvalue weighted by Crippen LogP contribution is 2.18. The van der Waals surface area contributed by atoms with Crippen LogP contribution in [0.25, 0.3) is 0 Å². The highest BCUT2D eigenvalue weighted by molar-refractivity contribution is 7.80. The fraction of sp³-hybridized carbons (Fsp3) is 0.462. The average Bonchev–Trinajstić information content (AvgIpc) is 2.40. The predicted octanol–water partition coefficient (Wildman–Crippen LogP) is 3.21. The molecule has 1 fully saturated rings. The summed E-state index contributed by atoms with van der Waals surface area (Å²) in [6.45, 7) is 0. The van der Waals surface area contributed by atoms with Crippen LogP contribution < -0.4 is 10.6 Å². The lowest BCUT2D eigenvalue weighted by atomic mass is 9.96. The average molecular weight is 279 g/mol. The Kier molecular flexibility index (Phi) is 4.68. The molecule has 2 rings (SSSR count). The minimum atomic E-state index is -0.414. The van der Waals surface area contributed by atoms with E-state index in [1.54, 1.807) is 12.1 Å². The molecule has 1 aliphatic carbocycles. The molecule has 102 valence electrons. The molecule has 0 aliphatic heterocycles. The fourth-order valence-electron chi connectivity index (χ4n) is 2.27. The number of non-ortho nitro benzene ring substituents is 1. The van der Waals surface area contributed by atoms with Gasteiger partial charge < -0.3 is 10.6 Å². The maximum Gasteiger partial charge on any atom is 0.269 e. The van der Waals surface area contributed by atoms with Gasteiger partial charge in [-0.3, -0.25) is 10.1 Å². The molecule has 0 bridgehead atoms. The number of nitro benzene ring substituents is 1. The molecule has 6 heteroatoms. The first-order valence-corrected chi connectivity index (χ1v) is 6.88. The van der Waals surface area contributed by atoms with E-state index < -0.39 is 4.92 Å². The van der Waals surface area contributed by atoms with Crippen LogP contribution in [0.5, 0.6) is 0 Å². The molecule has 1 aromatic carbocycles. The van der Waals surface area contributed by atoms with E-state index in [1.165, 1.54) is 31.4 Å². The van der Waals surface area contributed by atoms with Crippen molar-refractivity contribution < 1.29 is 4.92 Å².